The fourth-order valence-electron chi connectivity index (χ4n) is 4.47. The Bertz CT molecular complexity index is 1620. The van der Waals surface area contributed by atoms with Crippen LogP contribution in [0.1, 0.15) is 56.1 Å². The van der Waals surface area contributed by atoms with Crippen molar-refractivity contribution in [1.82, 2.24) is 0 Å². The quantitative estimate of drug-likeness (QED) is 0.229. The second-order valence-electron chi connectivity index (χ2n) is 8.64. The van der Waals surface area contributed by atoms with E-state index in [1.807, 2.05) is 13.8 Å². The van der Waals surface area contributed by atoms with Gasteiger partial charge in [0.15, 0.2) is 11.2 Å². The van der Waals surface area contributed by atoms with Crippen molar-refractivity contribution in [1.29, 1.82) is 0 Å². The van der Waals surface area contributed by atoms with E-state index < -0.39 is 16.9 Å². The molecule has 1 unspecified atom stereocenters. The summed E-state index contributed by atoms with van der Waals surface area (Å²) in [6.07, 6.45) is 0. The maximum absolute atomic E-state index is 13.7. The van der Waals surface area contributed by atoms with Crippen molar-refractivity contribution < 1.29 is 18.9 Å². The number of hydrogen-bond donors (Lipinski definition) is 0. The van der Waals surface area contributed by atoms with Crippen LogP contribution in [0.4, 0.5) is 11.4 Å². The lowest BCUT2D eigenvalue weighted by Crippen LogP contribution is -2.29. The van der Waals surface area contributed by atoms with Gasteiger partial charge >= 0.3 is 0 Å². The van der Waals surface area contributed by atoms with Gasteiger partial charge in [-0.15, -0.1) is 0 Å². The number of ketones is 1. The summed E-state index contributed by atoms with van der Waals surface area (Å²) in [5.41, 5.74) is 3.02. The molecule has 0 saturated heterocycles. The number of amides is 1. The average Bonchev–Trinajstić information content (AvgIpc) is 3.13. The molecular formula is C27H20N2O6. The zero-order valence-corrected chi connectivity index (χ0v) is 19.2. The van der Waals surface area contributed by atoms with E-state index in [0.29, 0.717) is 27.8 Å². The second-order valence-corrected chi connectivity index (χ2v) is 8.64. The summed E-state index contributed by atoms with van der Waals surface area (Å²) in [4.78, 5) is 51.4. The van der Waals surface area contributed by atoms with E-state index in [1.54, 1.807) is 42.5 Å². The SMILES string of the molecule is CC(=O)c1ccc(N2C(=O)c3oc4cc(C)c(C)cc4c(=O)c3C2c2cccc([N+](=O)[O-])c2)cc1. The summed E-state index contributed by atoms with van der Waals surface area (Å²) in [5.74, 6) is -0.765. The third-order valence-electron chi connectivity index (χ3n) is 6.44. The molecule has 0 fully saturated rings. The number of fused-ring (bicyclic) bond motifs is 2. The van der Waals surface area contributed by atoms with E-state index in [4.69, 9.17) is 4.42 Å². The highest BCUT2D eigenvalue weighted by Crippen LogP contribution is 2.42. The van der Waals surface area contributed by atoms with Crippen LogP contribution in [0.2, 0.25) is 0 Å². The summed E-state index contributed by atoms with van der Waals surface area (Å²) in [5, 5.41) is 11.8. The number of nitro benzene ring substituents is 1. The predicted octanol–water partition coefficient (Wildman–Crippen LogP) is 5.27. The number of nitrogens with zero attached hydrogens (tertiary/aromatic N) is 2. The first-order valence-electron chi connectivity index (χ1n) is 10.9. The third kappa shape index (κ3) is 3.50. The lowest BCUT2D eigenvalue weighted by atomic mass is 9.97. The van der Waals surface area contributed by atoms with Crippen LogP contribution in [0, 0.1) is 24.0 Å². The van der Waals surface area contributed by atoms with Gasteiger partial charge in [0, 0.05) is 23.4 Å². The molecule has 0 radical (unpaired) electrons. The van der Waals surface area contributed by atoms with Gasteiger partial charge in [0.2, 0.25) is 5.76 Å². The minimum Gasteiger partial charge on any atom is -0.450 e. The number of rotatable bonds is 4. The fraction of sp³-hybridized carbons (Fsp3) is 0.148. The van der Waals surface area contributed by atoms with Gasteiger partial charge in [-0.25, -0.2) is 0 Å². The molecule has 1 aliphatic heterocycles. The largest absolute Gasteiger partial charge is 0.450 e. The van der Waals surface area contributed by atoms with Crippen LogP contribution in [-0.2, 0) is 0 Å². The van der Waals surface area contributed by atoms with Crippen LogP contribution in [-0.4, -0.2) is 16.6 Å². The first kappa shape index (κ1) is 22.2. The molecule has 1 aliphatic rings. The van der Waals surface area contributed by atoms with E-state index >= 15 is 0 Å². The Morgan fingerprint density at radius 3 is 2.34 bits per heavy atom. The summed E-state index contributed by atoms with van der Waals surface area (Å²) in [7, 11) is 0. The monoisotopic (exact) mass is 468 g/mol. The number of nitro groups is 1. The molecule has 3 aromatic carbocycles. The minimum atomic E-state index is -0.942. The summed E-state index contributed by atoms with van der Waals surface area (Å²) < 4.78 is 6.00. The van der Waals surface area contributed by atoms with Gasteiger partial charge < -0.3 is 4.42 Å². The van der Waals surface area contributed by atoms with Crippen molar-refractivity contribution in [2.24, 2.45) is 0 Å². The van der Waals surface area contributed by atoms with Gasteiger partial charge in [0.05, 0.1) is 21.9 Å². The Kier molecular flexibility index (Phi) is 5.09. The van der Waals surface area contributed by atoms with Gasteiger partial charge in [-0.3, -0.25) is 29.4 Å². The first-order valence-corrected chi connectivity index (χ1v) is 10.9. The molecule has 2 heterocycles. The average molecular weight is 468 g/mol. The Labute approximate surface area is 199 Å². The highest BCUT2D eigenvalue weighted by atomic mass is 16.6. The Morgan fingerprint density at radius 2 is 1.69 bits per heavy atom. The smallest absolute Gasteiger partial charge is 0.295 e. The number of carbonyl (C=O) groups excluding carboxylic acids is 2. The predicted molar refractivity (Wildman–Crippen MR) is 130 cm³/mol. The first-order chi connectivity index (χ1) is 16.7. The van der Waals surface area contributed by atoms with Crippen LogP contribution in [0.15, 0.2) is 69.9 Å². The van der Waals surface area contributed by atoms with E-state index in [1.165, 1.54) is 30.0 Å². The molecule has 5 rings (SSSR count). The molecule has 8 nitrogen and oxygen atoms in total. The molecule has 8 heteroatoms. The summed E-state index contributed by atoms with van der Waals surface area (Å²) >= 11 is 0. The normalized spacial score (nSPS) is 14.9. The standard InChI is InChI=1S/C27H20N2O6/c1-14-11-21-22(12-15(14)2)35-26-23(25(21)31)24(18-5-4-6-20(13-18)29(33)34)28(27(26)32)19-9-7-17(8-10-19)16(3)30/h4-13,24H,1-3H3. The van der Waals surface area contributed by atoms with Gasteiger partial charge in [0.25, 0.3) is 11.6 Å². The van der Waals surface area contributed by atoms with Crippen LogP contribution < -0.4 is 10.3 Å². The van der Waals surface area contributed by atoms with Crippen LogP contribution in [0.5, 0.6) is 0 Å². The lowest BCUT2D eigenvalue weighted by molar-refractivity contribution is -0.384. The van der Waals surface area contributed by atoms with E-state index in [9.17, 15) is 24.5 Å². The zero-order chi connectivity index (χ0) is 25.0. The van der Waals surface area contributed by atoms with Crippen molar-refractivity contribution >= 4 is 34.0 Å². The van der Waals surface area contributed by atoms with Crippen molar-refractivity contribution in [3.05, 3.63) is 115 Å². The summed E-state index contributed by atoms with van der Waals surface area (Å²) in [6, 6.07) is 14.8. The highest BCUT2D eigenvalue weighted by Gasteiger charge is 2.44. The van der Waals surface area contributed by atoms with Crippen molar-refractivity contribution in [2.45, 2.75) is 26.8 Å². The number of anilines is 1. The summed E-state index contributed by atoms with van der Waals surface area (Å²) in [6.45, 7) is 5.21. The van der Waals surface area contributed by atoms with E-state index in [-0.39, 0.29) is 28.2 Å². The molecule has 174 valence electrons. The van der Waals surface area contributed by atoms with Crippen LogP contribution in [0.25, 0.3) is 11.0 Å². The molecule has 35 heavy (non-hydrogen) atoms. The number of carbonyl (C=O) groups is 2. The number of benzene rings is 3. The maximum atomic E-state index is 13.7. The molecule has 1 amide bonds. The third-order valence-corrected chi connectivity index (χ3v) is 6.44. The Morgan fingerprint density at radius 1 is 1.00 bits per heavy atom. The maximum Gasteiger partial charge on any atom is 0.295 e. The van der Waals surface area contributed by atoms with Gasteiger partial charge in [-0.1, -0.05) is 12.1 Å². The van der Waals surface area contributed by atoms with Gasteiger partial charge in [-0.2, -0.15) is 0 Å². The molecule has 0 saturated carbocycles. The molecular weight excluding hydrogens is 448 g/mol. The topological polar surface area (TPSA) is 111 Å². The molecule has 0 aliphatic carbocycles. The Balaban J connectivity index is 1.80. The number of aryl methyl sites for hydroxylation is 2. The molecule has 0 N–H and O–H groups in total. The molecule has 4 aromatic rings. The van der Waals surface area contributed by atoms with E-state index in [0.717, 1.165) is 11.1 Å². The minimum absolute atomic E-state index is 0.0992. The van der Waals surface area contributed by atoms with Crippen LogP contribution >= 0.6 is 0 Å². The molecule has 1 atom stereocenters. The van der Waals surface area contributed by atoms with Crippen molar-refractivity contribution in [3.63, 3.8) is 0 Å². The molecule has 1 aromatic heterocycles. The van der Waals surface area contributed by atoms with Crippen LogP contribution in [0.3, 0.4) is 0 Å². The highest BCUT2D eigenvalue weighted by molar-refractivity contribution is 6.11. The van der Waals surface area contributed by atoms with E-state index in [2.05, 4.69) is 0 Å². The lowest BCUT2D eigenvalue weighted by Gasteiger charge is -2.25. The number of hydrogen-bond acceptors (Lipinski definition) is 6. The van der Waals surface area contributed by atoms with Gasteiger partial charge in [0.1, 0.15) is 5.58 Å². The Hall–Kier alpha value is -4.59. The van der Waals surface area contributed by atoms with Gasteiger partial charge in [-0.05, 0) is 73.9 Å². The second kappa shape index (κ2) is 8.02. The zero-order valence-electron chi connectivity index (χ0n) is 19.2. The molecule has 0 spiro atoms. The fourth-order valence-corrected chi connectivity index (χ4v) is 4.47. The number of Topliss-reactive ketones (excluding diaryl/α,β-unsaturated/α-hetero) is 1. The van der Waals surface area contributed by atoms with Crippen molar-refractivity contribution in [3.8, 4) is 0 Å². The molecule has 0 bridgehead atoms. The number of non-ortho nitro benzene ring substituents is 1. The van der Waals surface area contributed by atoms with Crippen molar-refractivity contribution in [2.75, 3.05) is 4.90 Å².